The van der Waals surface area contributed by atoms with Gasteiger partial charge in [0.25, 0.3) is 0 Å². The summed E-state index contributed by atoms with van der Waals surface area (Å²) in [4.78, 5) is 13.4. The lowest BCUT2D eigenvalue weighted by molar-refractivity contribution is 0.641. The summed E-state index contributed by atoms with van der Waals surface area (Å²) in [7, 11) is 0. The summed E-state index contributed by atoms with van der Waals surface area (Å²) in [6.45, 7) is 3.14. The lowest BCUT2D eigenvalue weighted by Gasteiger charge is -2.04. The number of rotatable bonds is 6. The van der Waals surface area contributed by atoms with E-state index in [1.54, 1.807) is 18.1 Å². The molecule has 0 saturated carbocycles. The van der Waals surface area contributed by atoms with Gasteiger partial charge >= 0.3 is 0 Å². The van der Waals surface area contributed by atoms with Gasteiger partial charge in [-0.2, -0.15) is 4.37 Å². The van der Waals surface area contributed by atoms with Crippen LogP contribution in [0.5, 0.6) is 0 Å². The molecule has 122 valence electrons. The van der Waals surface area contributed by atoms with Gasteiger partial charge in [-0.25, -0.2) is 15.0 Å². The van der Waals surface area contributed by atoms with Crippen molar-refractivity contribution < 1.29 is 0 Å². The Balaban J connectivity index is 1.56. The third kappa shape index (κ3) is 3.01. The standard InChI is InChI=1S/C17H17N5S2/c1-2-3-6-22-11-20-15-16(22)18-10-19-17(15)23-8-12-4-5-14-13(7-12)9-24-21-14/h4-5,7,9-11H,2-3,6,8H2,1H3. The summed E-state index contributed by atoms with van der Waals surface area (Å²) in [5.41, 5.74) is 4.16. The minimum absolute atomic E-state index is 0.861. The SMILES string of the molecule is CCCCn1cnc2c(SCc3ccc4nscc4c3)ncnc21. The first-order valence-corrected chi connectivity index (χ1v) is 9.79. The van der Waals surface area contributed by atoms with Gasteiger partial charge in [0.2, 0.25) is 0 Å². The van der Waals surface area contributed by atoms with Crippen LogP contribution < -0.4 is 0 Å². The number of fused-ring (bicyclic) bond motifs is 2. The second kappa shape index (κ2) is 6.86. The molecule has 0 N–H and O–H groups in total. The first-order valence-electron chi connectivity index (χ1n) is 7.97. The van der Waals surface area contributed by atoms with Crippen molar-refractivity contribution in [2.24, 2.45) is 0 Å². The Morgan fingerprint density at radius 1 is 1.21 bits per heavy atom. The molecule has 0 radical (unpaired) electrons. The zero-order valence-electron chi connectivity index (χ0n) is 13.3. The van der Waals surface area contributed by atoms with E-state index >= 15 is 0 Å². The molecule has 3 aromatic heterocycles. The molecule has 4 aromatic rings. The third-order valence-electron chi connectivity index (χ3n) is 3.92. The van der Waals surface area contributed by atoms with E-state index in [-0.39, 0.29) is 0 Å². The molecule has 3 heterocycles. The highest BCUT2D eigenvalue weighted by atomic mass is 32.2. The molecule has 0 aliphatic rings. The quantitative estimate of drug-likeness (QED) is 0.376. The highest BCUT2D eigenvalue weighted by Gasteiger charge is 2.11. The van der Waals surface area contributed by atoms with Crippen LogP contribution >= 0.6 is 23.3 Å². The van der Waals surface area contributed by atoms with Gasteiger partial charge in [0, 0.05) is 23.1 Å². The van der Waals surface area contributed by atoms with Crippen molar-refractivity contribution in [3.05, 3.63) is 41.8 Å². The maximum Gasteiger partial charge on any atom is 0.164 e. The largest absolute Gasteiger partial charge is 0.315 e. The average Bonchev–Trinajstić information content (AvgIpc) is 3.24. The van der Waals surface area contributed by atoms with Gasteiger partial charge < -0.3 is 4.57 Å². The summed E-state index contributed by atoms with van der Waals surface area (Å²) in [6, 6.07) is 6.41. The van der Waals surface area contributed by atoms with Crippen LogP contribution in [0, 0.1) is 0 Å². The second-order valence-electron chi connectivity index (χ2n) is 5.64. The molecule has 7 heteroatoms. The zero-order chi connectivity index (χ0) is 16.4. The van der Waals surface area contributed by atoms with E-state index in [4.69, 9.17) is 0 Å². The Labute approximate surface area is 148 Å². The van der Waals surface area contributed by atoms with Crippen LogP contribution in [0.4, 0.5) is 0 Å². The van der Waals surface area contributed by atoms with Crippen molar-refractivity contribution in [1.82, 2.24) is 23.9 Å². The predicted octanol–water partition coefficient (Wildman–Crippen LogP) is 4.53. The molecule has 5 nitrogen and oxygen atoms in total. The maximum atomic E-state index is 4.53. The fraction of sp³-hybridized carbons (Fsp3) is 0.294. The zero-order valence-corrected chi connectivity index (χ0v) is 15.0. The molecule has 0 bridgehead atoms. The number of nitrogens with zero attached hydrogens (tertiary/aromatic N) is 5. The van der Waals surface area contributed by atoms with Crippen LogP contribution in [0.2, 0.25) is 0 Å². The molecule has 1 aromatic carbocycles. The Morgan fingerprint density at radius 2 is 2.17 bits per heavy atom. The molecule has 0 aliphatic carbocycles. The summed E-state index contributed by atoms with van der Waals surface area (Å²) >= 11 is 3.20. The topological polar surface area (TPSA) is 56.5 Å². The van der Waals surface area contributed by atoms with E-state index in [1.165, 1.54) is 22.5 Å². The maximum absolute atomic E-state index is 4.53. The summed E-state index contributed by atoms with van der Waals surface area (Å²) in [5.74, 6) is 0.861. The van der Waals surface area contributed by atoms with Crippen LogP contribution in [0.3, 0.4) is 0 Å². The fourth-order valence-electron chi connectivity index (χ4n) is 2.62. The van der Waals surface area contributed by atoms with Crippen molar-refractivity contribution in [3.8, 4) is 0 Å². The number of aryl methyl sites for hydroxylation is 1. The van der Waals surface area contributed by atoms with E-state index in [0.29, 0.717) is 0 Å². The predicted molar refractivity (Wildman–Crippen MR) is 99.4 cm³/mol. The van der Waals surface area contributed by atoms with Gasteiger partial charge in [-0.3, -0.25) is 0 Å². The van der Waals surface area contributed by atoms with Gasteiger partial charge in [0.05, 0.1) is 11.8 Å². The fourth-order valence-corrected chi connectivity index (χ4v) is 4.14. The molecule has 0 unspecified atom stereocenters. The van der Waals surface area contributed by atoms with E-state index < -0.39 is 0 Å². The second-order valence-corrected chi connectivity index (χ2v) is 7.23. The van der Waals surface area contributed by atoms with Crippen molar-refractivity contribution in [3.63, 3.8) is 0 Å². The Morgan fingerprint density at radius 3 is 3.08 bits per heavy atom. The highest BCUT2D eigenvalue weighted by Crippen LogP contribution is 2.28. The number of aromatic nitrogens is 5. The Kier molecular flexibility index (Phi) is 4.44. The summed E-state index contributed by atoms with van der Waals surface area (Å²) in [5, 5.41) is 4.23. The summed E-state index contributed by atoms with van der Waals surface area (Å²) in [6.07, 6.45) is 5.81. The first kappa shape index (κ1) is 15.5. The molecule has 0 amide bonds. The van der Waals surface area contributed by atoms with Crippen LogP contribution in [-0.4, -0.2) is 23.9 Å². The number of unbranched alkanes of at least 4 members (excludes halogenated alkanes) is 1. The Bertz CT molecular complexity index is 975. The third-order valence-corrected chi connectivity index (χ3v) is 5.63. The van der Waals surface area contributed by atoms with Gasteiger partial charge in [0.1, 0.15) is 16.9 Å². The molecule has 0 aliphatic heterocycles. The smallest absolute Gasteiger partial charge is 0.164 e. The molecule has 0 fully saturated rings. The normalized spacial score (nSPS) is 11.5. The lowest BCUT2D eigenvalue weighted by Crippen LogP contribution is -1.97. The summed E-state index contributed by atoms with van der Waals surface area (Å²) < 4.78 is 6.47. The van der Waals surface area contributed by atoms with Crippen LogP contribution in [0.15, 0.2) is 41.3 Å². The van der Waals surface area contributed by atoms with E-state index in [1.807, 2.05) is 6.33 Å². The van der Waals surface area contributed by atoms with E-state index in [2.05, 4.69) is 54.4 Å². The molecule has 0 saturated heterocycles. The monoisotopic (exact) mass is 355 g/mol. The van der Waals surface area contributed by atoms with Gasteiger partial charge in [0.15, 0.2) is 5.65 Å². The lowest BCUT2D eigenvalue weighted by atomic mass is 10.2. The van der Waals surface area contributed by atoms with Gasteiger partial charge in [-0.15, -0.1) is 0 Å². The van der Waals surface area contributed by atoms with E-state index in [0.717, 1.165) is 46.8 Å². The van der Waals surface area contributed by atoms with Gasteiger partial charge in [-0.1, -0.05) is 31.2 Å². The van der Waals surface area contributed by atoms with Gasteiger partial charge in [-0.05, 0) is 35.6 Å². The minimum Gasteiger partial charge on any atom is -0.315 e. The molecule has 4 rings (SSSR count). The average molecular weight is 355 g/mol. The highest BCUT2D eigenvalue weighted by molar-refractivity contribution is 7.98. The van der Waals surface area contributed by atoms with Crippen molar-refractivity contribution in [1.29, 1.82) is 0 Å². The van der Waals surface area contributed by atoms with Crippen molar-refractivity contribution >= 4 is 45.4 Å². The van der Waals surface area contributed by atoms with Crippen LogP contribution in [-0.2, 0) is 12.3 Å². The van der Waals surface area contributed by atoms with E-state index in [9.17, 15) is 0 Å². The Hall–Kier alpha value is -1.99. The molecular weight excluding hydrogens is 338 g/mol. The minimum atomic E-state index is 0.861. The first-order chi connectivity index (χ1) is 11.8. The van der Waals surface area contributed by atoms with Crippen LogP contribution in [0.1, 0.15) is 25.3 Å². The number of imidazole rings is 1. The molecule has 0 spiro atoms. The number of hydrogen-bond donors (Lipinski definition) is 0. The number of hydrogen-bond acceptors (Lipinski definition) is 6. The molecular formula is C17H17N5S2. The number of benzene rings is 1. The number of thioether (sulfide) groups is 1. The van der Waals surface area contributed by atoms with Crippen molar-refractivity contribution in [2.75, 3.05) is 0 Å². The van der Waals surface area contributed by atoms with Crippen molar-refractivity contribution in [2.45, 2.75) is 37.1 Å². The molecule has 24 heavy (non-hydrogen) atoms. The van der Waals surface area contributed by atoms with Crippen LogP contribution in [0.25, 0.3) is 22.1 Å². The molecule has 0 atom stereocenters.